The second-order valence-electron chi connectivity index (χ2n) is 5.47. The zero-order valence-electron chi connectivity index (χ0n) is 13.4. The number of carbonyl (C=O) groups excluding carboxylic acids is 1. The zero-order valence-corrected chi connectivity index (χ0v) is 13.4. The van der Waals surface area contributed by atoms with Crippen LogP contribution >= 0.6 is 0 Å². The van der Waals surface area contributed by atoms with Crippen LogP contribution in [-0.4, -0.2) is 22.3 Å². The third-order valence-corrected chi connectivity index (χ3v) is 3.64. The van der Waals surface area contributed by atoms with E-state index in [1.54, 1.807) is 17.9 Å². The molecule has 5 heteroatoms. The SMILES string of the molecule is CCCN(Cc1ccccc1)C(=O)c1ccc([N+](=O)[O-])c(C)c1. The van der Waals surface area contributed by atoms with E-state index in [1.165, 1.54) is 12.1 Å². The molecule has 5 nitrogen and oxygen atoms in total. The van der Waals surface area contributed by atoms with E-state index in [0.29, 0.717) is 24.2 Å². The quantitative estimate of drug-likeness (QED) is 0.599. The van der Waals surface area contributed by atoms with E-state index in [9.17, 15) is 14.9 Å². The molecule has 0 bridgehead atoms. The number of benzene rings is 2. The first-order chi connectivity index (χ1) is 11.0. The van der Waals surface area contributed by atoms with E-state index in [4.69, 9.17) is 0 Å². The van der Waals surface area contributed by atoms with E-state index >= 15 is 0 Å². The normalized spacial score (nSPS) is 10.3. The summed E-state index contributed by atoms with van der Waals surface area (Å²) in [7, 11) is 0. The largest absolute Gasteiger partial charge is 0.334 e. The lowest BCUT2D eigenvalue weighted by Crippen LogP contribution is -2.31. The fourth-order valence-electron chi connectivity index (χ4n) is 2.50. The summed E-state index contributed by atoms with van der Waals surface area (Å²) in [5, 5.41) is 10.9. The highest BCUT2D eigenvalue weighted by Gasteiger charge is 2.18. The highest BCUT2D eigenvalue weighted by molar-refractivity contribution is 5.94. The Kier molecular flexibility index (Phi) is 5.46. The number of aryl methyl sites for hydroxylation is 1. The molecule has 0 aromatic heterocycles. The fourth-order valence-corrected chi connectivity index (χ4v) is 2.50. The van der Waals surface area contributed by atoms with Gasteiger partial charge in [0, 0.05) is 30.3 Å². The van der Waals surface area contributed by atoms with Crippen molar-refractivity contribution in [1.29, 1.82) is 0 Å². The van der Waals surface area contributed by atoms with E-state index in [-0.39, 0.29) is 11.6 Å². The summed E-state index contributed by atoms with van der Waals surface area (Å²) >= 11 is 0. The van der Waals surface area contributed by atoms with Gasteiger partial charge in [-0.05, 0) is 31.0 Å². The molecule has 0 radical (unpaired) electrons. The molecular formula is C18H20N2O3. The van der Waals surface area contributed by atoms with E-state index in [2.05, 4.69) is 0 Å². The Labute approximate surface area is 135 Å². The van der Waals surface area contributed by atoms with Crippen molar-refractivity contribution in [1.82, 2.24) is 4.90 Å². The monoisotopic (exact) mass is 312 g/mol. The minimum absolute atomic E-state index is 0.0339. The summed E-state index contributed by atoms with van der Waals surface area (Å²) in [6, 6.07) is 14.3. The molecule has 0 saturated heterocycles. The molecule has 0 aliphatic rings. The molecule has 1 amide bonds. The lowest BCUT2D eigenvalue weighted by atomic mass is 10.1. The van der Waals surface area contributed by atoms with Crippen LogP contribution in [0.25, 0.3) is 0 Å². The smallest absolute Gasteiger partial charge is 0.272 e. The minimum atomic E-state index is -0.433. The van der Waals surface area contributed by atoms with Gasteiger partial charge in [-0.25, -0.2) is 0 Å². The Morgan fingerprint density at radius 1 is 1.17 bits per heavy atom. The Hall–Kier alpha value is -2.69. The number of hydrogen-bond acceptors (Lipinski definition) is 3. The Bertz CT molecular complexity index is 699. The third kappa shape index (κ3) is 4.16. The molecule has 0 saturated carbocycles. The average Bonchev–Trinajstić information content (AvgIpc) is 2.54. The third-order valence-electron chi connectivity index (χ3n) is 3.64. The Balaban J connectivity index is 2.24. The standard InChI is InChI=1S/C18H20N2O3/c1-3-11-19(13-15-7-5-4-6-8-15)18(21)16-9-10-17(20(22)23)14(2)12-16/h4-10,12H,3,11,13H2,1-2H3. The summed E-state index contributed by atoms with van der Waals surface area (Å²) in [4.78, 5) is 25.0. The zero-order chi connectivity index (χ0) is 16.8. The van der Waals surface area contributed by atoms with E-state index in [0.717, 1.165) is 12.0 Å². The van der Waals surface area contributed by atoms with Crippen molar-refractivity contribution in [2.75, 3.05) is 6.54 Å². The van der Waals surface area contributed by atoms with Crippen molar-refractivity contribution in [3.05, 3.63) is 75.3 Å². The summed E-state index contributed by atoms with van der Waals surface area (Å²) < 4.78 is 0. The minimum Gasteiger partial charge on any atom is -0.334 e. The van der Waals surface area contributed by atoms with Gasteiger partial charge in [0.25, 0.3) is 11.6 Å². The highest BCUT2D eigenvalue weighted by Crippen LogP contribution is 2.20. The summed E-state index contributed by atoms with van der Waals surface area (Å²) in [5.74, 6) is -0.103. The molecule has 0 aliphatic heterocycles. The highest BCUT2D eigenvalue weighted by atomic mass is 16.6. The number of nitro groups is 1. The van der Waals surface area contributed by atoms with Gasteiger partial charge in [0.2, 0.25) is 0 Å². The van der Waals surface area contributed by atoms with Crippen LogP contribution in [-0.2, 0) is 6.54 Å². The van der Waals surface area contributed by atoms with Crippen LogP contribution in [0, 0.1) is 17.0 Å². The number of rotatable bonds is 6. The number of carbonyl (C=O) groups is 1. The molecule has 2 aromatic rings. The molecule has 0 N–H and O–H groups in total. The van der Waals surface area contributed by atoms with Gasteiger partial charge in [-0.3, -0.25) is 14.9 Å². The first-order valence-electron chi connectivity index (χ1n) is 7.61. The van der Waals surface area contributed by atoms with Gasteiger partial charge in [0.1, 0.15) is 0 Å². The lowest BCUT2D eigenvalue weighted by molar-refractivity contribution is -0.385. The van der Waals surface area contributed by atoms with E-state index < -0.39 is 4.92 Å². The second-order valence-corrected chi connectivity index (χ2v) is 5.47. The van der Waals surface area contributed by atoms with Crippen LogP contribution in [0.15, 0.2) is 48.5 Å². The van der Waals surface area contributed by atoms with Crippen molar-refractivity contribution in [3.63, 3.8) is 0 Å². The number of nitrogens with zero attached hydrogens (tertiary/aromatic N) is 2. The van der Waals surface area contributed by atoms with Crippen molar-refractivity contribution < 1.29 is 9.72 Å². The molecule has 0 heterocycles. The van der Waals surface area contributed by atoms with Crippen molar-refractivity contribution in [3.8, 4) is 0 Å². The van der Waals surface area contributed by atoms with Crippen LogP contribution in [0.5, 0.6) is 0 Å². The number of hydrogen-bond donors (Lipinski definition) is 0. The number of nitro benzene ring substituents is 1. The van der Waals surface area contributed by atoms with Crippen LogP contribution in [0.2, 0.25) is 0 Å². The first-order valence-corrected chi connectivity index (χ1v) is 7.61. The topological polar surface area (TPSA) is 63.5 Å². The molecule has 0 aliphatic carbocycles. The summed E-state index contributed by atoms with van der Waals surface area (Å²) in [6.07, 6.45) is 0.852. The van der Waals surface area contributed by atoms with Crippen molar-refractivity contribution >= 4 is 11.6 Å². The molecule has 23 heavy (non-hydrogen) atoms. The lowest BCUT2D eigenvalue weighted by Gasteiger charge is -2.22. The summed E-state index contributed by atoms with van der Waals surface area (Å²) in [6.45, 7) is 4.84. The fraction of sp³-hybridized carbons (Fsp3) is 0.278. The van der Waals surface area contributed by atoms with Crippen LogP contribution < -0.4 is 0 Å². The molecule has 0 fully saturated rings. The van der Waals surface area contributed by atoms with Gasteiger partial charge in [-0.2, -0.15) is 0 Å². The molecule has 120 valence electrons. The number of amides is 1. The Morgan fingerprint density at radius 3 is 2.43 bits per heavy atom. The maximum atomic E-state index is 12.7. The molecule has 0 unspecified atom stereocenters. The van der Waals surface area contributed by atoms with Gasteiger partial charge in [-0.1, -0.05) is 37.3 Å². The second kappa shape index (κ2) is 7.54. The molecular weight excluding hydrogens is 292 g/mol. The van der Waals surface area contributed by atoms with Gasteiger partial charge in [-0.15, -0.1) is 0 Å². The maximum Gasteiger partial charge on any atom is 0.272 e. The Morgan fingerprint density at radius 2 is 1.87 bits per heavy atom. The van der Waals surface area contributed by atoms with Gasteiger partial charge < -0.3 is 4.90 Å². The molecule has 0 spiro atoms. The van der Waals surface area contributed by atoms with Crippen LogP contribution in [0.1, 0.15) is 34.8 Å². The molecule has 0 atom stereocenters. The average molecular weight is 312 g/mol. The van der Waals surface area contributed by atoms with Gasteiger partial charge in [0.15, 0.2) is 0 Å². The molecule has 2 rings (SSSR count). The van der Waals surface area contributed by atoms with Crippen LogP contribution in [0.3, 0.4) is 0 Å². The summed E-state index contributed by atoms with van der Waals surface area (Å²) in [5.41, 5.74) is 2.08. The van der Waals surface area contributed by atoms with E-state index in [1.807, 2.05) is 37.3 Å². The predicted octanol–water partition coefficient (Wildman–Crippen LogP) is 3.96. The maximum absolute atomic E-state index is 12.7. The van der Waals surface area contributed by atoms with Gasteiger partial charge in [0.05, 0.1) is 4.92 Å². The van der Waals surface area contributed by atoms with Crippen LogP contribution in [0.4, 0.5) is 5.69 Å². The van der Waals surface area contributed by atoms with Gasteiger partial charge >= 0.3 is 0 Å². The van der Waals surface area contributed by atoms with Crippen molar-refractivity contribution in [2.24, 2.45) is 0 Å². The van der Waals surface area contributed by atoms with Crippen molar-refractivity contribution in [2.45, 2.75) is 26.8 Å². The molecule has 2 aromatic carbocycles. The first kappa shape index (κ1) is 16.7. The predicted molar refractivity (Wildman–Crippen MR) is 89.3 cm³/mol.